The zero-order valence-electron chi connectivity index (χ0n) is 17.0. The maximum absolute atomic E-state index is 12.7. The van der Waals surface area contributed by atoms with E-state index in [2.05, 4.69) is 10.3 Å². The van der Waals surface area contributed by atoms with E-state index in [1.54, 1.807) is 14.0 Å². The highest BCUT2D eigenvalue weighted by molar-refractivity contribution is 5.95. The first-order valence-electron chi connectivity index (χ1n) is 9.14. The minimum Gasteiger partial charge on any atom is -0.383 e. The van der Waals surface area contributed by atoms with Crippen LogP contribution >= 0.6 is 0 Å². The van der Waals surface area contributed by atoms with Gasteiger partial charge in [0.25, 0.3) is 17.4 Å². The lowest BCUT2D eigenvalue weighted by atomic mass is 10.2. The van der Waals surface area contributed by atoms with E-state index in [-0.39, 0.29) is 30.5 Å². The highest BCUT2D eigenvalue weighted by Crippen LogP contribution is 2.16. The smallest absolute Gasteiger partial charge is 0.330 e. The number of nitrogens with one attached hydrogen (secondary N) is 3. The molecule has 29 heavy (non-hydrogen) atoms. The summed E-state index contributed by atoms with van der Waals surface area (Å²) in [7, 11) is 4.64. The number of H-pyrrole nitrogens is 1. The Morgan fingerprint density at radius 2 is 1.90 bits per heavy atom. The van der Waals surface area contributed by atoms with Crippen molar-refractivity contribution in [1.29, 1.82) is 0 Å². The van der Waals surface area contributed by atoms with Crippen LogP contribution in [0.4, 0.5) is 11.5 Å². The van der Waals surface area contributed by atoms with Crippen LogP contribution in [0.3, 0.4) is 0 Å². The number of carbonyl (C=O) groups excluding carboxylic acids is 2. The van der Waals surface area contributed by atoms with E-state index < -0.39 is 23.2 Å². The summed E-state index contributed by atoms with van der Waals surface area (Å²) in [6, 6.07) is 8.68. The van der Waals surface area contributed by atoms with Crippen LogP contribution in [0.15, 0.2) is 39.9 Å². The molecule has 0 saturated carbocycles. The van der Waals surface area contributed by atoms with E-state index in [1.165, 1.54) is 18.7 Å². The molecule has 1 aromatic carbocycles. The summed E-state index contributed by atoms with van der Waals surface area (Å²) in [6.07, 6.45) is 0. The summed E-state index contributed by atoms with van der Waals surface area (Å²) in [4.78, 5) is 53.1. The van der Waals surface area contributed by atoms with Crippen LogP contribution in [0.1, 0.15) is 12.5 Å². The number of hydrogen-bond donors (Lipinski definition) is 4. The summed E-state index contributed by atoms with van der Waals surface area (Å²) in [6.45, 7) is 1.81. The van der Waals surface area contributed by atoms with Gasteiger partial charge in [0.05, 0.1) is 13.6 Å². The van der Waals surface area contributed by atoms with Gasteiger partial charge in [0, 0.05) is 14.1 Å². The van der Waals surface area contributed by atoms with Crippen molar-refractivity contribution in [2.24, 2.45) is 0 Å². The van der Waals surface area contributed by atoms with Gasteiger partial charge in [-0.15, -0.1) is 0 Å². The number of aromatic amines is 1. The highest BCUT2D eigenvalue weighted by Gasteiger charge is 2.27. The Bertz CT molecular complexity index is 998. The van der Waals surface area contributed by atoms with E-state index in [9.17, 15) is 19.2 Å². The predicted octanol–water partition coefficient (Wildman–Crippen LogP) is -2.22. The highest BCUT2D eigenvalue weighted by atomic mass is 16.2. The molecule has 2 rings (SSSR count). The molecule has 2 atom stereocenters. The van der Waals surface area contributed by atoms with Crippen LogP contribution in [0.25, 0.3) is 0 Å². The molecule has 10 nitrogen and oxygen atoms in total. The number of benzene rings is 1. The maximum Gasteiger partial charge on any atom is 0.330 e. The number of anilines is 2. The molecule has 0 fully saturated rings. The molecular weight excluding hydrogens is 376 g/mol. The standard InChI is InChI=1S/C19H26N6O4/c1-12(17(27)21-2)23(3)11-14(26)24(4)15-16(20)25(19(29)22-18(15)28)10-13-8-6-5-7-9-13/h5-9,12H,10-11,20H2,1-4H3,(H,21,27)(H,22,28,29)/p+1/t12-/m1/s1. The molecule has 1 unspecified atom stereocenters. The van der Waals surface area contributed by atoms with Gasteiger partial charge in [-0.3, -0.25) is 23.9 Å². The minimum absolute atomic E-state index is 0.0399. The maximum atomic E-state index is 12.7. The number of aromatic nitrogens is 2. The van der Waals surface area contributed by atoms with Gasteiger partial charge in [0.2, 0.25) is 0 Å². The first kappa shape index (κ1) is 21.9. The number of nitrogen functional groups attached to an aromatic ring is 1. The summed E-state index contributed by atoms with van der Waals surface area (Å²) in [5.41, 5.74) is 5.42. The average molecular weight is 403 g/mol. The Morgan fingerprint density at radius 3 is 2.48 bits per heavy atom. The lowest BCUT2D eigenvalue weighted by Gasteiger charge is -2.24. The van der Waals surface area contributed by atoms with E-state index >= 15 is 0 Å². The minimum atomic E-state index is -0.746. The van der Waals surface area contributed by atoms with E-state index in [1.807, 2.05) is 30.3 Å². The largest absolute Gasteiger partial charge is 0.383 e. The van der Waals surface area contributed by atoms with Gasteiger partial charge in [-0.25, -0.2) is 4.79 Å². The number of hydrogen-bond acceptors (Lipinski definition) is 5. The van der Waals surface area contributed by atoms with Crippen molar-refractivity contribution >= 4 is 23.3 Å². The van der Waals surface area contributed by atoms with Gasteiger partial charge in [-0.2, -0.15) is 0 Å². The zero-order valence-corrected chi connectivity index (χ0v) is 17.0. The molecule has 2 aromatic rings. The van der Waals surface area contributed by atoms with Crippen molar-refractivity contribution in [2.45, 2.75) is 19.5 Å². The normalized spacial score (nSPS) is 12.8. The second-order valence-corrected chi connectivity index (χ2v) is 6.88. The van der Waals surface area contributed by atoms with E-state index in [0.29, 0.717) is 4.90 Å². The molecule has 0 aliphatic heterocycles. The number of carbonyl (C=O) groups is 2. The van der Waals surface area contributed by atoms with E-state index in [4.69, 9.17) is 5.73 Å². The molecule has 0 spiro atoms. The molecule has 0 aliphatic rings. The third kappa shape index (κ3) is 4.91. The molecule has 2 amide bonds. The van der Waals surface area contributed by atoms with Gasteiger partial charge in [0.1, 0.15) is 5.82 Å². The molecule has 1 aromatic heterocycles. The Hall–Kier alpha value is -3.40. The summed E-state index contributed by atoms with van der Waals surface area (Å²) in [5.74, 6) is -0.720. The van der Waals surface area contributed by atoms with Crippen LogP contribution in [-0.4, -0.2) is 55.1 Å². The number of amides is 2. The summed E-state index contributed by atoms with van der Waals surface area (Å²) in [5, 5.41) is 2.54. The number of nitrogens with two attached hydrogens (primary N) is 1. The van der Waals surface area contributed by atoms with Crippen LogP contribution in [-0.2, 0) is 16.1 Å². The van der Waals surface area contributed by atoms with Crippen molar-refractivity contribution in [3.8, 4) is 0 Å². The number of nitrogens with zero attached hydrogens (tertiary/aromatic N) is 2. The predicted molar refractivity (Wildman–Crippen MR) is 110 cm³/mol. The Balaban J connectivity index is 2.32. The van der Waals surface area contributed by atoms with Crippen molar-refractivity contribution in [3.63, 3.8) is 0 Å². The number of rotatable bonds is 7. The van der Waals surface area contributed by atoms with Gasteiger partial charge in [-0.05, 0) is 12.5 Å². The monoisotopic (exact) mass is 403 g/mol. The van der Waals surface area contributed by atoms with Crippen LogP contribution in [0, 0.1) is 0 Å². The van der Waals surface area contributed by atoms with E-state index in [0.717, 1.165) is 10.5 Å². The Kier molecular flexibility index (Phi) is 6.94. The van der Waals surface area contributed by atoms with Crippen molar-refractivity contribution in [1.82, 2.24) is 14.9 Å². The van der Waals surface area contributed by atoms with Gasteiger partial charge in [0.15, 0.2) is 18.3 Å². The van der Waals surface area contributed by atoms with Crippen LogP contribution in [0.2, 0.25) is 0 Å². The second-order valence-electron chi connectivity index (χ2n) is 6.88. The first-order chi connectivity index (χ1) is 13.7. The molecule has 0 radical (unpaired) electrons. The molecule has 10 heteroatoms. The number of likely N-dealkylation sites (N-methyl/N-ethyl adjacent to an activating group) is 3. The summed E-state index contributed by atoms with van der Waals surface area (Å²) >= 11 is 0. The molecular formula is C19H27N6O4+. The Morgan fingerprint density at radius 1 is 1.28 bits per heavy atom. The molecule has 156 valence electrons. The fourth-order valence-electron chi connectivity index (χ4n) is 2.90. The SMILES string of the molecule is CNC(=O)[C@@H](C)[NH+](C)CC(=O)N(C)c1c(N)n(Cc2ccccc2)c(=O)[nH]c1=O. The van der Waals surface area contributed by atoms with Gasteiger partial charge in [-0.1, -0.05) is 30.3 Å². The Labute approximate surface area is 167 Å². The molecule has 5 N–H and O–H groups in total. The first-order valence-corrected chi connectivity index (χ1v) is 9.14. The average Bonchev–Trinajstić information content (AvgIpc) is 2.70. The second kappa shape index (κ2) is 9.20. The number of quaternary nitrogens is 1. The van der Waals surface area contributed by atoms with Gasteiger partial charge < -0.3 is 20.9 Å². The van der Waals surface area contributed by atoms with Gasteiger partial charge >= 0.3 is 5.69 Å². The lowest BCUT2D eigenvalue weighted by molar-refractivity contribution is -0.885. The lowest BCUT2D eigenvalue weighted by Crippen LogP contribution is -3.15. The molecule has 1 heterocycles. The van der Waals surface area contributed by atoms with Crippen molar-refractivity contribution in [2.75, 3.05) is 38.3 Å². The summed E-state index contributed by atoms with van der Waals surface area (Å²) < 4.78 is 1.21. The fraction of sp³-hybridized carbons (Fsp3) is 0.368. The van der Waals surface area contributed by atoms with Crippen molar-refractivity contribution < 1.29 is 14.5 Å². The fourth-order valence-corrected chi connectivity index (χ4v) is 2.90. The third-order valence-corrected chi connectivity index (χ3v) is 4.92. The zero-order chi connectivity index (χ0) is 21.7. The molecule has 0 bridgehead atoms. The molecule has 0 aliphatic carbocycles. The van der Waals surface area contributed by atoms with Crippen LogP contribution < -0.4 is 32.1 Å². The topological polar surface area (TPSA) is 135 Å². The quantitative estimate of drug-likeness (QED) is 0.415. The third-order valence-electron chi connectivity index (χ3n) is 4.92. The van der Waals surface area contributed by atoms with Crippen molar-refractivity contribution in [3.05, 3.63) is 56.7 Å². The molecule has 0 saturated heterocycles. The van der Waals surface area contributed by atoms with Crippen LogP contribution in [0.5, 0.6) is 0 Å².